The Kier molecular flexibility index (Phi) is 3.67. The van der Waals surface area contributed by atoms with Crippen LogP contribution in [0.3, 0.4) is 0 Å². The molecule has 0 saturated carbocycles. The van der Waals surface area contributed by atoms with Crippen LogP contribution in [0.2, 0.25) is 0 Å². The second kappa shape index (κ2) is 5.21. The zero-order valence-electron chi connectivity index (χ0n) is 10.4. The van der Waals surface area contributed by atoms with Gasteiger partial charge in [0.1, 0.15) is 5.75 Å². The van der Waals surface area contributed by atoms with Crippen LogP contribution in [0.25, 0.3) is 0 Å². The van der Waals surface area contributed by atoms with Crippen LogP contribution in [0.5, 0.6) is 5.75 Å². The molecule has 0 unspecified atom stereocenters. The fraction of sp³-hybridized carbons (Fsp3) is 0.500. The minimum absolute atomic E-state index is 0.654. The topological polar surface area (TPSA) is 41.8 Å². The van der Waals surface area contributed by atoms with E-state index in [-0.39, 0.29) is 0 Å². The summed E-state index contributed by atoms with van der Waals surface area (Å²) in [5, 5.41) is 12.2. The van der Waals surface area contributed by atoms with Gasteiger partial charge < -0.3 is 9.94 Å². The molecule has 1 aromatic rings. The van der Waals surface area contributed by atoms with Gasteiger partial charge in [-0.1, -0.05) is 31.1 Å². The van der Waals surface area contributed by atoms with E-state index in [2.05, 4.69) is 19.0 Å². The lowest BCUT2D eigenvalue weighted by atomic mass is 10.1. The van der Waals surface area contributed by atoms with Gasteiger partial charge in [0, 0.05) is 11.1 Å². The minimum Gasteiger partial charge on any atom is -0.493 e. The quantitative estimate of drug-likeness (QED) is 0.640. The van der Waals surface area contributed by atoms with E-state index in [0.29, 0.717) is 5.92 Å². The number of hydrogen-bond donors (Lipinski definition) is 1. The molecule has 0 heterocycles. The van der Waals surface area contributed by atoms with Crippen molar-refractivity contribution in [2.24, 2.45) is 11.1 Å². The van der Waals surface area contributed by atoms with Gasteiger partial charge in [-0.15, -0.1) is 0 Å². The highest BCUT2D eigenvalue weighted by atomic mass is 16.5. The third kappa shape index (κ3) is 2.60. The Bertz CT molecular complexity index is 424. The molecule has 1 aromatic carbocycles. The molecule has 0 aromatic heterocycles. The Labute approximate surface area is 102 Å². The highest BCUT2D eigenvalue weighted by molar-refractivity contribution is 6.04. The molecule has 0 bridgehead atoms. The second-order valence-corrected chi connectivity index (χ2v) is 4.86. The summed E-state index contributed by atoms with van der Waals surface area (Å²) >= 11 is 0. The normalized spacial score (nSPS) is 16.5. The van der Waals surface area contributed by atoms with Gasteiger partial charge in [0.2, 0.25) is 0 Å². The summed E-state index contributed by atoms with van der Waals surface area (Å²) < 4.78 is 5.82. The van der Waals surface area contributed by atoms with Gasteiger partial charge in [0.15, 0.2) is 0 Å². The van der Waals surface area contributed by atoms with Crippen molar-refractivity contribution in [2.75, 3.05) is 6.61 Å². The molecule has 92 valence electrons. The number of oxime groups is 1. The van der Waals surface area contributed by atoms with Crippen LogP contribution >= 0.6 is 0 Å². The fourth-order valence-corrected chi connectivity index (χ4v) is 2.12. The molecule has 2 rings (SSSR count). The van der Waals surface area contributed by atoms with Gasteiger partial charge in [0.05, 0.1) is 12.3 Å². The van der Waals surface area contributed by atoms with E-state index in [1.807, 2.05) is 18.2 Å². The highest BCUT2D eigenvalue weighted by Gasteiger charge is 2.21. The van der Waals surface area contributed by atoms with Crippen molar-refractivity contribution in [2.45, 2.75) is 33.1 Å². The monoisotopic (exact) mass is 233 g/mol. The lowest BCUT2D eigenvalue weighted by Crippen LogP contribution is -2.03. The smallest absolute Gasteiger partial charge is 0.123 e. The minimum atomic E-state index is 0.654. The first-order chi connectivity index (χ1) is 8.22. The van der Waals surface area contributed by atoms with Crippen LogP contribution in [-0.4, -0.2) is 17.5 Å². The number of ether oxygens (including phenoxy) is 1. The van der Waals surface area contributed by atoms with Crippen LogP contribution in [0, 0.1) is 5.92 Å². The zero-order valence-corrected chi connectivity index (χ0v) is 10.4. The molecule has 1 aliphatic rings. The lowest BCUT2D eigenvalue weighted by Gasteiger charge is -2.11. The molecule has 0 radical (unpaired) electrons. The molecule has 0 fully saturated rings. The summed E-state index contributed by atoms with van der Waals surface area (Å²) in [6.45, 7) is 5.13. The molecule has 3 heteroatoms. The standard InChI is InChI=1S/C14H19NO2/c1-10(2)8-9-17-14-5-3-4-11-12(14)6-7-13(11)15-16/h3-5,10,16H,6-9H2,1-2H3/b15-13+. The number of rotatable bonds is 4. The van der Waals surface area contributed by atoms with Gasteiger partial charge in [0.25, 0.3) is 0 Å². The number of hydrogen-bond acceptors (Lipinski definition) is 3. The fourth-order valence-electron chi connectivity index (χ4n) is 2.12. The Morgan fingerprint density at radius 3 is 2.88 bits per heavy atom. The van der Waals surface area contributed by atoms with Gasteiger partial charge in [-0.3, -0.25) is 0 Å². The summed E-state index contributed by atoms with van der Waals surface area (Å²) in [4.78, 5) is 0. The molecule has 0 aliphatic heterocycles. The van der Waals surface area contributed by atoms with Crippen molar-refractivity contribution in [1.29, 1.82) is 0 Å². The molecule has 0 spiro atoms. The zero-order chi connectivity index (χ0) is 12.3. The van der Waals surface area contributed by atoms with Crippen molar-refractivity contribution in [3.63, 3.8) is 0 Å². The lowest BCUT2D eigenvalue weighted by molar-refractivity contribution is 0.287. The second-order valence-electron chi connectivity index (χ2n) is 4.86. The van der Waals surface area contributed by atoms with Crippen LogP contribution in [-0.2, 0) is 6.42 Å². The predicted molar refractivity (Wildman–Crippen MR) is 68.0 cm³/mol. The van der Waals surface area contributed by atoms with Crippen LogP contribution < -0.4 is 4.74 Å². The third-order valence-electron chi connectivity index (χ3n) is 3.13. The van der Waals surface area contributed by atoms with E-state index in [4.69, 9.17) is 9.94 Å². The summed E-state index contributed by atoms with van der Waals surface area (Å²) in [7, 11) is 0. The molecular weight excluding hydrogens is 214 g/mol. The van der Waals surface area contributed by atoms with Gasteiger partial charge in [-0.2, -0.15) is 0 Å². The van der Waals surface area contributed by atoms with Crippen LogP contribution in [0.15, 0.2) is 23.4 Å². The van der Waals surface area contributed by atoms with E-state index in [9.17, 15) is 0 Å². The summed E-state index contributed by atoms with van der Waals surface area (Å²) in [6, 6.07) is 5.95. The van der Waals surface area contributed by atoms with Crippen molar-refractivity contribution in [3.8, 4) is 5.75 Å². The Balaban J connectivity index is 2.12. The SMILES string of the molecule is CC(C)CCOc1cccc2c1CC/C2=N\O. The maximum Gasteiger partial charge on any atom is 0.123 e. The van der Waals surface area contributed by atoms with E-state index < -0.39 is 0 Å². The van der Waals surface area contributed by atoms with E-state index in [0.717, 1.165) is 42.9 Å². The Morgan fingerprint density at radius 2 is 2.18 bits per heavy atom. The molecule has 0 saturated heterocycles. The summed E-state index contributed by atoms with van der Waals surface area (Å²) in [6.07, 6.45) is 2.77. The maximum absolute atomic E-state index is 8.90. The Hall–Kier alpha value is -1.51. The third-order valence-corrected chi connectivity index (χ3v) is 3.13. The molecule has 0 atom stereocenters. The first-order valence-corrected chi connectivity index (χ1v) is 6.18. The molecule has 17 heavy (non-hydrogen) atoms. The molecule has 1 aliphatic carbocycles. The van der Waals surface area contributed by atoms with Crippen molar-refractivity contribution < 1.29 is 9.94 Å². The van der Waals surface area contributed by atoms with Gasteiger partial charge in [-0.05, 0) is 31.2 Å². The van der Waals surface area contributed by atoms with Gasteiger partial charge in [-0.25, -0.2) is 0 Å². The van der Waals surface area contributed by atoms with Crippen LogP contribution in [0.4, 0.5) is 0 Å². The van der Waals surface area contributed by atoms with Gasteiger partial charge >= 0.3 is 0 Å². The maximum atomic E-state index is 8.90. The van der Waals surface area contributed by atoms with E-state index in [1.54, 1.807) is 0 Å². The first-order valence-electron chi connectivity index (χ1n) is 6.18. The molecule has 3 nitrogen and oxygen atoms in total. The van der Waals surface area contributed by atoms with E-state index >= 15 is 0 Å². The average Bonchev–Trinajstić information content (AvgIpc) is 2.72. The van der Waals surface area contributed by atoms with Crippen molar-refractivity contribution in [1.82, 2.24) is 0 Å². The highest BCUT2D eigenvalue weighted by Crippen LogP contribution is 2.31. The van der Waals surface area contributed by atoms with Crippen LogP contribution in [0.1, 0.15) is 37.8 Å². The molecule has 0 amide bonds. The molecular formula is C14H19NO2. The number of nitrogens with zero attached hydrogens (tertiary/aromatic N) is 1. The predicted octanol–water partition coefficient (Wildman–Crippen LogP) is 3.24. The number of fused-ring (bicyclic) bond motifs is 1. The Morgan fingerprint density at radius 1 is 1.35 bits per heavy atom. The summed E-state index contributed by atoms with van der Waals surface area (Å²) in [5.41, 5.74) is 2.99. The molecule has 1 N–H and O–H groups in total. The summed E-state index contributed by atoms with van der Waals surface area (Å²) in [5.74, 6) is 1.60. The first kappa shape index (κ1) is 12.0. The van der Waals surface area contributed by atoms with Crippen molar-refractivity contribution >= 4 is 5.71 Å². The largest absolute Gasteiger partial charge is 0.493 e. The van der Waals surface area contributed by atoms with E-state index in [1.165, 1.54) is 5.56 Å². The average molecular weight is 233 g/mol. The van der Waals surface area contributed by atoms with Crippen molar-refractivity contribution in [3.05, 3.63) is 29.3 Å². The number of benzene rings is 1.